The molecule has 2 unspecified atom stereocenters. The third kappa shape index (κ3) is 13.4. The van der Waals surface area contributed by atoms with Gasteiger partial charge in [-0.05, 0) is 38.5 Å². The van der Waals surface area contributed by atoms with Crippen LogP contribution in [0.25, 0.3) is 0 Å². The van der Waals surface area contributed by atoms with E-state index in [1.165, 1.54) is 25.7 Å². The van der Waals surface area contributed by atoms with Crippen LogP contribution in [0.4, 0.5) is 0 Å². The Hall–Kier alpha value is -1.06. The first-order valence-electron chi connectivity index (χ1n) is 9.88. The summed E-state index contributed by atoms with van der Waals surface area (Å²) in [6.45, 7) is 8.90. The van der Waals surface area contributed by atoms with E-state index in [-0.39, 0.29) is 18.0 Å². The van der Waals surface area contributed by atoms with E-state index >= 15 is 0 Å². The molecule has 2 atom stereocenters. The van der Waals surface area contributed by atoms with Crippen molar-refractivity contribution in [2.24, 2.45) is 5.92 Å². The number of ether oxygens (including phenoxy) is 2. The average Bonchev–Trinajstić information content (AvgIpc) is 2.55. The Balaban J connectivity index is 3.73. The molecular weight excluding hydrogens is 304 g/mol. The van der Waals surface area contributed by atoms with Crippen LogP contribution in [-0.4, -0.2) is 24.6 Å². The van der Waals surface area contributed by atoms with Crippen LogP contribution in [0.2, 0.25) is 0 Å². The lowest BCUT2D eigenvalue weighted by Crippen LogP contribution is -2.16. The minimum Gasteiger partial charge on any atom is -0.465 e. The molecule has 0 aliphatic rings. The van der Waals surface area contributed by atoms with Crippen molar-refractivity contribution in [2.75, 3.05) is 6.61 Å². The average molecular weight is 343 g/mol. The molecule has 0 aliphatic carbocycles. The largest absolute Gasteiger partial charge is 0.465 e. The summed E-state index contributed by atoms with van der Waals surface area (Å²) in [5, 5.41) is 0. The van der Waals surface area contributed by atoms with Gasteiger partial charge in [-0.2, -0.15) is 0 Å². The number of esters is 2. The van der Waals surface area contributed by atoms with Crippen molar-refractivity contribution in [1.82, 2.24) is 0 Å². The normalized spacial score (nSPS) is 13.3. The van der Waals surface area contributed by atoms with Gasteiger partial charge in [0.1, 0.15) is 0 Å². The van der Waals surface area contributed by atoms with Crippen LogP contribution in [0, 0.1) is 5.92 Å². The molecule has 0 aliphatic heterocycles. The van der Waals surface area contributed by atoms with E-state index in [0.29, 0.717) is 31.8 Å². The zero-order chi connectivity index (χ0) is 18.2. The van der Waals surface area contributed by atoms with Gasteiger partial charge in [0, 0.05) is 12.8 Å². The second-order valence-electron chi connectivity index (χ2n) is 6.75. The van der Waals surface area contributed by atoms with E-state index in [1.807, 2.05) is 6.92 Å². The number of rotatable bonds is 15. The second-order valence-corrected chi connectivity index (χ2v) is 6.75. The molecular formula is C20H38O4. The van der Waals surface area contributed by atoms with E-state index in [2.05, 4.69) is 20.8 Å². The maximum Gasteiger partial charge on any atom is 0.306 e. The Labute approximate surface area is 148 Å². The lowest BCUT2D eigenvalue weighted by Gasteiger charge is -2.15. The summed E-state index contributed by atoms with van der Waals surface area (Å²) in [5.74, 6) is 0.0535. The van der Waals surface area contributed by atoms with Crippen molar-refractivity contribution in [3.05, 3.63) is 0 Å². The Kier molecular flexibility index (Phi) is 14.8. The molecule has 0 N–H and O–H groups in total. The molecule has 0 heterocycles. The summed E-state index contributed by atoms with van der Waals surface area (Å²) < 4.78 is 10.7. The third-order valence-corrected chi connectivity index (χ3v) is 4.33. The second kappa shape index (κ2) is 15.5. The molecule has 0 fully saturated rings. The standard InChI is InChI=1S/C20H38O4/c1-5-8-10-12-17(4)24-20(22)15-11-14-19(21)23-16-18(7-3)13-9-6-2/h17-18H,5-16H2,1-4H3. The van der Waals surface area contributed by atoms with E-state index in [0.717, 1.165) is 25.7 Å². The SMILES string of the molecule is CCCCCC(C)OC(=O)CCCC(=O)OCC(CC)CCCC. The van der Waals surface area contributed by atoms with Crippen LogP contribution in [0.15, 0.2) is 0 Å². The topological polar surface area (TPSA) is 52.6 Å². The minimum atomic E-state index is -0.207. The van der Waals surface area contributed by atoms with Gasteiger partial charge < -0.3 is 9.47 Å². The summed E-state index contributed by atoms with van der Waals surface area (Å²) in [4.78, 5) is 23.5. The first kappa shape index (κ1) is 22.9. The Morgan fingerprint density at radius 2 is 1.50 bits per heavy atom. The van der Waals surface area contributed by atoms with Gasteiger partial charge in [0.2, 0.25) is 0 Å². The predicted molar refractivity (Wildman–Crippen MR) is 97.8 cm³/mol. The van der Waals surface area contributed by atoms with Gasteiger partial charge in [0.05, 0.1) is 12.7 Å². The fraction of sp³-hybridized carbons (Fsp3) is 0.900. The van der Waals surface area contributed by atoms with Crippen molar-refractivity contribution < 1.29 is 19.1 Å². The molecule has 0 radical (unpaired) electrons. The van der Waals surface area contributed by atoms with Gasteiger partial charge >= 0.3 is 11.9 Å². The Bertz CT molecular complexity index is 328. The quantitative estimate of drug-likeness (QED) is 0.294. The fourth-order valence-electron chi connectivity index (χ4n) is 2.58. The summed E-state index contributed by atoms with van der Waals surface area (Å²) in [6, 6.07) is 0. The summed E-state index contributed by atoms with van der Waals surface area (Å²) in [6.07, 6.45) is 9.91. The Morgan fingerprint density at radius 3 is 2.12 bits per heavy atom. The lowest BCUT2D eigenvalue weighted by atomic mass is 10.0. The highest BCUT2D eigenvalue weighted by Gasteiger charge is 2.12. The summed E-state index contributed by atoms with van der Waals surface area (Å²) >= 11 is 0. The number of hydrogen-bond donors (Lipinski definition) is 0. The molecule has 0 saturated heterocycles. The monoisotopic (exact) mass is 342 g/mol. The number of hydrogen-bond acceptors (Lipinski definition) is 4. The highest BCUT2D eigenvalue weighted by atomic mass is 16.5. The van der Waals surface area contributed by atoms with Crippen LogP contribution in [0.1, 0.15) is 98.3 Å². The zero-order valence-electron chi connectivity index (χ0n) is 16.3. The van der Waals surface area contributed by atoms with Crippen LogP contribution in [0.3, 0.4) is 0 Å². The van der Waals surface area contributed by atoms with Crippen molar-refractivity contribution >= 4 is 11.9 Å². The summed E-state index contributed by atoms with van der Waals surface area (Å²) in [5.41, 5.74) is 0. The van der Waals surface area contributed by atoms with Gasteiger partial charge in [0.25, 0.3) is 0 Å². The van der Waals surface area contributed by atoms with Gasteiger partial charge in [-0.3, -0.25) is 9.59 Å². The number of carbonyl (C=O) groups is 2. The molecule has 4 heteroatoms. The van der Waals surface area contributed by atoms with Crippen molar-refractivity contribution in [3.63, 3.8) is 0 Å². The fourth-order valence-corrected chi connectivity index (χ4v) is 2.58. The molecule has 0 aromatic heterocycles. The van der Waals surface area contributed by atoms with Crippen molar-refractivity contribution in [1.29, 1.82) is 0 Å². The maximum atomic E-state index is 11.7. The van der Waals surface area contributed by atoms with Crippen LogP contribution >= 0.6 is 0 Å². The lowest BCUT2D eigenvalue weighted by molar-refractivity contribution is -0.149. The van der Waals surface area contributed by atoms with E-state index < -0.39 is 0 Å². The Morgan fingerprint density at radius 1 is 0.833 bits per heavy atom. The van der Waals surface area contributed by atoms with Crippen LogP contribution in [-0.2, 0) is 19.1 Å². The molecule has 0 aromatic rings. The molecule has 4 nitrogen and oxygen atoms in total. The highest BCUT2D eigenvalue weighted by molar-refractivity contribution is 5.72. The first-order chi connectivity index (χ1) is 11.5. The van der Waals surface area contributed by atoms with E-state index in [9.17, 15) is 9.59 Å². The third-order valence-electron chi connectivity index (χ3n) is 4.33. The van der Waals surface area contributed by atoms with Crippen molar-refractivity contribution in [3.8, 4) is 0 Å². The number of carbonyl (C=O) groups excluding carboxylic acids is 2. The molecule has 0 saturated carbocycles. The van der Waals surface area contributed by atoms with Gasteiger partial charge in [-0.15, -0.1) is 0 Å². The number of unbranched alkanes of at least 4 members (excludes halogenated alkanes) is 3. The predicted octanol–water partition coefficient (Wildman–Crippen LogP) is 5.43. The van der Waals surface area contributed by atoms with E-state index in [4.69, 9.17) is 9.47 Å². The van der Waals surface area contributed by atoms with Crippen molar-refractivity contribution in [2.45, 2.75) is 104 Å². The van der Waals surface area contributed by atoms with Gasteiger partial charge in [0.15, 0.2) is 0 Å². The first-order valence-corrected chi connectivity index (χ1v) is 9.88. The highest BCUT2D eigenvalue weighted by Crippen LogP contribution is 2.14. The summed E-state index contributed by atoms with van der Waals surface area (Å²) in [7, 11) is 0. The molecule has 0 rings (SSSR count). The van der Waals surface area contributed by atoms with E-state index in [1.54, 1.807) is 0 Å². The molecule has 0 bridgehead atoms. The molecule has 0 amide bonds. The van der Waals surface area contributed by atoms with Crippen LogP contribution < -0.4 is 0 Å². The minimum absolute atomic E-state index is 0.0279. The molecule has 0 spiro atoms. The van der Waals surface area contributed by atoms with Gasteiger partial charge in [-0.1, -0.05) is 52.9 Å². The van der Waals surface area contributed by atoms with Gasteiger partial charge in [-0.25, -0.2) is 0 Å². The van der Waals surface area contributed by atoms with Crippen LogP contribution in [0.5, 0.6) is 0 Å². The molecule has 24 heavy (non-hydrogen) atoms. The molecule has 0 aromatic carbocycles. The maximum absolute atomic E-state index is 11.7. The molecule has 142 valence electrons. The smallest absolute Gasteiger partial charge is 0.306 e. The zero-order valence-corrected chi connectivity index (χ0v) is 16.3.